The number of carbonyl (C=O) groups excluding carboxylic acids is 4. The minimum absolute atomic E-state index is 0.0102. The summed E-state index contributed by atoms with van der Waals surface area (Å²) in [5, 5.41) is 12.8. The molecule has 10 aliphatic rings. The molecule has 1 aliphatic heterocycles. The van der Waals surface area contributed by atoms with Crippen molar-refractivity contribution in [1.82, 2.24) is 0 Å². The van der Waals surface area contributed by atoms with Crippen LogP contribution in [0.5, 0.6) is 11.5 Å². The third-order valence-corrected chi connectivity index (χ3v) is 22.5. The van der Waals surface area contributed by atoms with Crippen molar-refractivity contribution in [2.75, 3.05) is 0 Å². The number of benzene rings is 1. The van der Waals surface area contributed by atoms with Crippen LogP contribution in [0, 0.1) is 68.5 Å². The molecule has 0 radical (unpaired) electrons. The molecule has 1 aromatic rings. The zero-order chi connectivity index (χ0) is 45.2. The number of allylic oxidation sites excluding steroid dienone is 5. The van der Waals surface area contributed by atoms with Gasteiger partial charge in [-0.05, 0) is 157 Å². The Hall–Kier alpha value is -3.58. The molecule has 0 saturated heterocycles. The normalized spacial score (nSPS) is 50.3. The first-order valence-electron chi connectivity index (χ1n) is 24.5. The summed E-state index contributed by atoms with van der Waals surface area (Å²) in [4.78, 5) is 55.8. The number of carbonyl (C=O) groups is 4. The van der Waals surface area contributed by atoms with Crippen molar-refractivity contribution in [3.8, 4) is 11.5 Å². The van der Waals surface area contributed by atoms with Crippen molar-refractivity contribution < 1.29 is 33.8 Å². The Bertz CT molecular complexity index is 2540. The van der Waals surface area contributed by atoms with E-state index in [1.807, 2.05) is 19.1 Å². The predicted octanol–water partition coefficient (Wildman–Crippen LogP) is 11.4. The molecule has 0 bridgehead atoms. The SMILES string of the molecule is Cc1c2c(cc3c1C(=O)C=C1C3(C)CCC3(C)C4CC(C)C(=O)CC4(C)CCC13C)OC1(O)C(=O)C=C3C(=CC=C4C3(C)CCC3(C)C5CC(C)C(=O)CC5(C)CCC43C)C1(C)O2. The zero-order valence-electron chi connectivity index (χ0n) is 40.1. The highest BCUT2D eigenvalue weighted by atomic mass is 16.7. The molecule has 1 aromatic carbocycles. The van der Waals surface area contributed by atoms with Crippen LogP contribution in [0.3, 0.4) is 0 Å². The predicted molar refractivity (Wildman–Crippen MR) is 242 cm³/mol. The van der Waals surface area contributed by atoms with Gasteiger partial charge in [0.2, 0.25) is 11.4 Å². The molecule has 11 rings (SSSR count). The number of ether oxygens (including phenoxy) is 2. The fourth-order valence-electron chi connectivity index (χ4n) is 17.9. The Morgan fingerprint density at radius 3 is 1.73 bits per heavy atom. The van der Waals surface area contributed by atoms with Crippen molar-refractivity contribution in [3.63, 3.8) is 0 Å². The van der Waals surface area contributed by atoms with Gasteiger partial charge in [0.05, 0.1) is 0 Å². The van der Waals surface area contributed by atoms with Crippen LogP contribution >= 0.6 is 0 Å². The van der Waals surface area contributed by atoms with Gasteiger partial charge in [0, 0.05) is 52.2 Å². The van der Waals surface area contributed by atoms with Crippen molar-refractivity contribution >= 4 is 23.1 Å². The molecule has 63 heavy (non-hydrogen) atoms. The van der Waals surface area contributed by atoms with Crippen LogP contribution in [0.2, 0.25) is 0 Å². The standard InChI is InChI=1S/C56H70O7/c1-30-23-41-47(4,28-37(30)58)15-19-51(8)40-14-13-33-34(49(40,6)17-21-52(41,51)9)26-44(60)56(61)55(33,12)63-46-32(3)45-35(25-39(46)62-56)50(7)18-22-53(10)42-24-31(2)38(59)29-48(42,5)16-20-54(53,11)43(50)27-36(45)57/h13-14,25-27,30-31,41-42,61H,15-24,28-29H2,1-12H3. The topological polar surface area (TPSA) is 107 Å². The number of Topliss-reactive ketones (excluding diaryl/α,β-unsaturated/α-hetero) is 2. The lowest BCUT2D eigenvalue weighted by Gasteiger charge is -2.69. The molecule has 0 spiro atoms. The van der Waals surface area contributed by atoms with Gasteiger partial charge in [0.1, 0.15) is 11.6 Å². The minimum atomic E-state index is -2.33. The largest absolute Gasteiger partial charge is 0.471 e. The highest BCUT2D eigenvalue weighted by Crippen LogP contribution is 2.77. The number of aliphatic hydroxyl groups is 1. The van der Waals surface area contributed by atoms with E-state index < -0.39 is 28.0 Å². The number of rotatable bonds is 0. The molecule has 7 nitrogen and oxygen atoms in total. The molecule has 336 valence electrons. The second-order valence-electron chi connectivity index (χ2n) is 25.3. The van der Waals surface area contributed by atoms with E-state index in [4.69, 9.17) is 9.47 Å². The fourth-order valence-corrected chi connectivity index (χ4v) is 17.9. The molecule has 6 saturated carbocycles. The van der Waals surface area contributed by atoms with Gasteiger partial charge in [-0.25, -0.2) is 0 Å². The lowest BCUT2D eigenvalue weighted by molar-refractivity contribution is -0.231. The molecule has 0 aromatic heterocycles. The van der Waals surface area contributed by atoms with E-state index in [0.29, 0.717) is 58.9 Å². The summed E-state index contributed by atoms with van der Waals surface area (Å²) in [6.07, 6.45) is 18.5. The second kappa shape index (κ2) is 12.1. The summed E-state index contributed by atoms with van der Waals surface area (Å²) in [5.41, 5.74) is 3.21. The van der Waals surface area contributed by atoms with Crippen LogP contribution < -0.4 is 9.47 Å². The van der Waals surface area contributed by atoms with E-state index in [2.05, 4.69) is 81.4 Å². The van der Waals surface area contributed by atoms with Gasteiger partial charge in [-0.2, -0.15) is 0 Å². The average Bonchev–Trinajstić information content (AvgIpc) is 3.21. The minimum Gasteiger partial charge on any atom is -0.471 e. The Labute approximate surface area is 375 Å². The quantitative estimate of drug-likeness (QED) is 0.277. The van der Waals surface area contributed by atoms with Gasteiger partial charge in [-0.15, -0.1) is 0 Å². The number of fused-ring (bicyclic) bond motifs is 17. The highest BCUT2D eigenvalue weighted by molar-refractivity contribution is 6.10. The summed E-state index contributed by atoms with van der Waals surface area (Å²) in [6.45, 7) is 26.9. The molecule has 7 heteroatoms. The molecule has 14 atom stereocenters. The van der Waals surface area contributed by atoms with Crippen LogP contribution in [-0.2, 0) is 19.8 Å². The van der Waals surface area contributed by atoms with E-state index in [9.17, 15) is 24.3 Å². The van der Waals surface area contributed by atoms with E-state index >= 15 is 0 Å². The Balaban J connectivity index is 0.986. The van der Waals surface area contributed by atoms with E-state index in [1.54, 1.807) is 13.0 Å². The number of ketones is 4. The van der Waals surface area contributed by atoms with Gasteiger partial charge in [-0.1, -0.05) is 87.0 Å². The molecule has 1 N–H and O–H groups in total. The maximum Gasteiger partial charge on any atom is 0.317 e. The molecular formula is C56H70O7. The third kappa shape index (κ3) is 4.63. The molecule has 1 heterocycles. The van der Waals surface area contributed by atoms with Crippen LogP contribution in [0.4, 0.5) is 0 Å². The monoisotopic (exact) mass is 855 g/mol. The summed E-state index contributed by atoms with van der Waals surface area (Å²) in [7, 11) is 0. The smallest absolute Gasteiger partial charge is 0.317 e. The van der Waals surface area contributed by atoms with Crippen LogP contribution in [0.15, 0.2) is 52.7 Å². The van der Waals surface area contributed by atoms with Crippen molar-refractivity contribution in [2.24, 2.45) is 61.6 Å². The number of hydrogen-bond donors (Lipinski definition) is 1. The van der Waals surface area contributed by atoms with Crippen molar-refractivity contribution in [1.29, 1.82) is 0 Å². The zero-order valence-corrected chi connectivity index (χ0v) is 40.1. The summed E-state index contributed by atoms with van der Waals surface area (Å²) < 4.78 is 13.8. The molecule has 14 unspecified atom stereocenters. The molecular weight excluding hydrogens is 785 g/mol. The van der Waals surface area contributed by atoms with Gasteiger partial charge in [-0.3, -0.25) is 19.2 Å². The Morgan fingerprint density at radius 2 is 1.16 bits per heavy atom. The third-order valence-electron chi connectivity index (χ3n) is 22.5. The van der Waals surface area contributed by atoms with Crippen LogP contribution in [0.1, 0.15) is 175 Å². The fraction of sp³-hybridized carbons (Fsp3) is 0.679. The molecule has 9 aliphatic carbocycles. The van der Waals surface area contributed by atoms with Crippen LogP contribution in [0.25, 0.3) is 0 Å². The van der Waals surface area contributed by atoms with Crippen molar-refractivity contribution in [2.45, 2.75) is 177 Å². The van der Waals surface area contributed by atoms with Gasteiger partial charge < -0.3 is 14.6 Å². The molecule has 6 fully saturated rings. The Kier molecular flexibility index (Phi) is 8.05. The van der Waals surface area contributed by atoms with E-state index in [0.717, 1.165) is 80.9 Å². The van der Waals surface area contributed by atoms with E-state index in [1.165, 1.54) is 11.1 Å². The van der Waals surface area contributed by atoms with Gasteiger partial charge in [0.25, 0.3) is 0 Å². The lowest BCUT2D eigenvalue weighted by Crippen LogP contribution is -2.70. The highest BCUT2D eigenvalue weighted by Gasteiger charge is 2.72. The first-order chi connectivity index (χ1) is 29.2. The van der Waals surface area contributed by atoms with Crippen LogP contribution in [-0.4, -0.2) is 39.6 Å². The lowest BCUT2D eigenvalue weighted by atomic mass is 9.35. The van der Waals surface area contributed by atoms with Gasteiger partial charge in [0.15, 0.2) is 17.3 Å². The summed E-state index contributed by atoms with van der Waals surface area (Å²) in [5.74, 6) is -0.492. The van der Waals surface area contributed by atoms with Crippen molar-refractivity contribution in [3.05, 3.63) is 69.4 Å². The summed E-state index contributed by atoms with van der Waals surface area (Å²) in [6, 6.07) is 1.92. The van der Waals surface area contributed by atoms with E-state index in [-0.39, 0.29) is 50.1 Å². The Morgan fingerprint density at radius 1 is 0.619 bits per heavy atom. The maximum absolute atomic E-state index is 14.8. The molecule has 0 amide bonds. The first kappa shape index (κ1) is 42.1. The second-order valence-corrected chi connectivity index (χ2v) is 25.3. The first-order valence-corrected chi connectivity index (χ1v) is 24.5. The van der Waals surface area contributed by atoms with Gasteiger partial charge >= 0.3 is 5.79 Å². The average molecular weight is 855 g/mol. The number of hydrogen-bond acceptors (Lipinski definition) is 7. The summed E-state index contributed by atoms with van der Waals surface area (Å²) >= 11 is 0. The maximum atomic E-state index is 14.8.